The highest BCUT2D eigenvalue weighted by Gasteiger charge is 2.15. The van der Waals surface area contributed by atoms with E-state index in [0.29, 0.717) is 11.9 Å². The molecule has 1 heterocycles. The Morgan fingerprint density at radius 2 is 1.95 bits per heavy atom. The second kappa shape index (κ2) is 8.58. The summed E-state index contributed by atoms with van der Waals surface area (Å²) in [6.07, 6.45) is 2.44. The predicted molar refractivity (Wildman–Crippen MR) is 102 cm³/mol. The van der Waals surface area contributed by atoms with Crippen LogP contribution in [-0.4, -0.2) is 37.5 Å². The van der Waals surface area contributed by atoms with Gasteiger partial charge in [-0.1, -0.05) is 6.07 Å². The zero-order valence-corrected chi connectivity index (χ0v) is 15.6. The van der Waals surface area contributed by atoms with Crippen LogP contribution in [0.15, 0.2) is 23.2 Å². The lowest BCUT2D eigenvalue weighted by atomic mass is 9.97. The van der Waals surface area contributed by atoms with E-state index < -0.39 is 0 Å². The van der Waals surface area contributed by atoms with E-state index in [1.54, 1.807) is 0 Å². The Balaban J connectivity index is 0.00000220. The van der Waals surface area contributed by atoms with Gasteiger partial charge < -0.3 is 16.0 Å². The van der Waals surface area contributed by atoms with Crippen molar-refractivity contribution in [2.75, 3.05) is 32.0 Å². The molecular weight excluding hydrogens is 375 g/mol. The van der Waals surface area contributed by atoms with Gasteiger partial charge in [0.25, 0.3) is 0 Å². The summed E-state index contributed by atoms with van der Waals surface area (Å²) in [5, 5.41) is 3.18. The summed E-state index contributed by atoms with van der Waals surface area (Å²) >= 11 is 0. The minimum atomic E-state index is 0. The van der Waals surface area contributed by atoms with Crippen LogP contribution >= 0.6 is 24.0 Å². The van der Waals surface area contributed by atoms with E-state index >= 15 is 0 Å². The molecule has 0 amide bonds. The van der Waals surface area contributed by atoms with Gasteiger partial charge in [0, 0.05) is 12.2 Å². The van der Waals surface area contributed by atoms with Gasteiger partial charge in [-0.15, -0.1) is 24.0 Å². The third-order valence-electron chi connectivity index (χ3n) is 4.14. The van der Waals surface area contributed by atoms with Crippen LogP contribution in [0.3, 0.4) is 0 Å². The monoisotopic (exact) mass is 402 g/mol. The number of hydrogen-bond donors (Lipinski definition) is 2. The molecule has 21 heavy (non-hydrogen) atoms. The van der Waals surface area contributed by atoms with Crippen molar-refractivity contribution in [2.24, 2.45) is 16.6 Å². The van der Waals surface area contributed by atoms with Gasteiger partial charge in [-0.05, 0) is 76.0 Å². The third-order valence-corrected chi connectivity index (χ3v) is 4.14. The average molecular weight is 402 g/mol. The molecule has 5 heteroatoms. The van der Waals surface area contributed by atoms with Crippen LogP contribution in [-0.2, 0) is 0 Å². The van der Waals surface area contributed by atoms with Crippen LogP contribution in [0.25, 0.3) is 0 Å². The number of halogens is 1. The molecule has 0 radical (unpaired) electrons. The van der Waals surface area contributed by atoms with Gasteiger partial charge in [0.2, 0.25) is 0 Å². The second-order valence-corrected chi connectivity index (χ2v) is 5.90. The van der Waals surface area contributed by atoms with Crippen LogP contribution in [0.4, 0.5) is 5.69 Å². The highest BCUT2D eigenvalue weighted by Crippen LogP contribution is 2.16. The number of nitrogens with one attached hydrogen (secondary N) is 1. The number of likely N-dealkylation sites (tertiary alicyclic amines) is 1. The molecule has 1 aliphatic heterocycles. The van der Waals surface area contributed by atoms with E-state index in [0.717, 1.165) is 12.2 Å². The quantitative estimate of drug-likeness (QED) is 0.464. The zero-order chi connectivity index (χ0) is 14.5. The number of aryl methyl sites for hydroxylation is 2. The number of benzene rings is 1. The minimum Gasteiger partial charge on any atom is -0.370 e. The van der Waals surface area contributed by atoms with E-state index in [1.807, 2.05) is 6.07 Å². The summed E-state index contributed by atoms with van der Waals surface area (Å²) in [5.41, 5.74) is 9.53. The smallest absolute Gasteiger partial charge is 0.193 e. The molecule has 1 saturated heterocycles. The van der Waals surface area contributed by atoms with Crippen LogP contribution in [0.5, 0.6) is 0 Å². The third kappa shape index (κ3) is 5.82. The maximum absolute atomic E-state index is 5.97. The number of anilines is 1. The molecule has 0 saturated carbocycles. The molecule has 0 aliphatic carbocycles. The van der Waals surface area contributed by atoms with Crippen molar-refractivity contribution >= 4 is 35.6 Å². The van der Waals surface area contributed by atoms with Gasteiger partial charge in [-0.2, -0.15) is 0 Å². The molecule has 1 aromatic rings. The normalized spacial score (nSPS) is 17.4. The average Bonchev–Trinajstić information content (AvgIpc) is 2.42. The van der Waals surface area contributed by atoms with E-state index in [9.17, 15) is 0 Å². The Bertz CT molecular complexity index is 479. The molecule has 0 spiro atoms. The summed E-state index contributed by atoms with van der Waals surface area (Å²) in [5.74, 6) is 1.19. The van der Waals surface area contributed by atoms with Gasteiger partial charge in [0.1, 0.15) is 0 Å². The highest BCUT2D eigenvalue weighted by atomic mass is 127. The Morgan fingerprint density at radius 1 is 1.29 bits per heavy atom. The molecule has 0 atom stereocenters. The minimum absolute atomic E-state index is 0. The van der Waals surface area contributed by atoms with Crippen LogP contribution in [0.2, 0.25) is 0 Å². The topological polar surface area (TPSA) is 53.6 Å². The van der Waals surface area contributed by atoms with Gasteiger partial charge in [-0.25, -0.2) is 0 Å². The predicted octanol–water partition coefficient (Wildman–Crippen LogP) is 2.99. The van der Waals surface area contributed by atoms with Crippen LogP contribution in [0.1, 0.15) is 24.0 Å². The highest BCUT2D eigenvalue weighted by molar-refractivity contribution is 14.0. The lowest BCUT2D eigenvalue weighted by Crippen LogP contribution is -2.32. The van der Waals surface area contributed by atoms with Gasteiger partial charge in [0.15, 0.2) is 5.96 Å². The fraction of sp³-hybridized carbons (Fsp3) is 0.562. The first kappa shape index (κ1) is 18.2. The molecule has 118 valence electrons. The first-order valence-corrected chi connectivity index (χ1v) is 7.37. The number of guanidine groups is 1. The van der Waals surface area contributed by atoms with Gasteiger partial charge >= 0.3 is 0 Å². The molecule has 0 unspecified atom stereocenters. The molecule has 3 N–H and O–H groups in total. The molecule has 1 aromatic carbocycles. The van der Waals surface area contributed by atoms with E-state index in [-0.39, 0.29) is 24.0 Å². The molecule has 2 rings (SSSR count). The Hall–Kier alpha value is -0.820. The fourth-order valence-electron chi connectivity index (χ4n) is 2.48. The summed E-state index contributed by atoms with van der Waals surface area (Å²) in [7, 11) is 2.18. The number of rotatable bonds is 3. The van der Waals surface area contributed by atoms with Crippen molar-refractivity contribution in [1.29, 1.82) is 0 Å². The zero-order valence-electron chi connectivity index (χ0n) is 13.2. The standard InChI is InChI=1S/C16H26N4.HI/c1-12-4-5-15(10-13(12)2)19-16(17)18-11-14-6-8-20(3)9-7-14;/h4-5,10,14H,6-9,11H2,1-3H3,(H3,17,18,19);1H. The van der Waals surface area contributed by atoms with Crippen molar-refractivity contribution in [3.05, 3.63) is 29.3 Å². The largest absolute Gasteiger partial charge is 0.370 e. The number of nitrogens with two attached hydrogens (primary N) is 1. The molecule has 1 aliphatic rings. The maximum Gasteiger partial charge on any atom is 0.193 e. The van der Waals surface area contributed by atoms with E-state index in [4.69, 9.17) is 5.73 Å². The first-order valence-electron chi connectivity index (χ1n) is 7.37. The molecule has 1 fully saturated rings. The molecule has 0 aromatic heterocycles. The van der Waals surface area contributed by atoms with Crippen molar-refractivity contribution in [3.63, 3.8) is 0 Å². The van der Waals surface area contributed by atoms with Crippen molar-refractivity contribution in [3.8, 4) is 0 Å². The molecular formula is C16H27IN4. The first-order chi connectivity index (χ1) is 9.54. The number of piperidine rings is 1. The number of hydrogen-bond acceptors (Lipinski definition) is 2. The van der Waals surface area contributed by atoms with Gasteiger partial charge in [-0.3, -0.25) is 4.99 Å². The summed E-state index contributed by atoms with van der Waals surface area (Å²) < 4.78 is 0. The lowest BCUT2D eigenvalue weighted by Gasteiger charge is -2.27. The Morgan fingerprint density at radius 3 is 2.57 bits per heavy atom. The lowest BCUT2D eigenvalue weighted by molar-refractivity contribution is 0.224. The fourth-order valence-corrected chi connectivity index (χ4v) is 2.48. The Labute approximate surface area is 145 Å². The van der Waals surface area contributed by atoms with Crippen molar-refractivity contribution in [2.45, 2.75) is 26.7 Å². The number of aliphatic imine (C=N–C) groups is 1. The van der Waals surface area contributed by atoms with Gasteiger partial charge in [0.05, 0.1) is 0 Å². The van der Waals surface area contributed by atoms with Crippen LogP contribution in [0, 0.1) is 19.8 Å². The Kier molecular flexibility index (Phi) is 7.45. The van der Waals surface area contributed by atoms with Crippen LogP contribution < -0.4 is 11.1 Å². The maximum atomic E-state index is 5.97. The summed E-state index contributed by atoms with van der Waals surface area (Å²) in [4.78, 5) is 6.86. The molecule has 0 bridgehead atoms. The van der Waals surface area contributed by atoms with Crippen molar-refractivity contribution < 1.29 is 0 Å². The van der Waals surface area contributed by atoms with E-state index in [2.05, 4.69) is 48.2 Å². The SMILES string of the molecule is Cc1ccc(NC(N)=NCC2CCN(C)CC2)cc1C.I. The second-order valence-electron chi connectivity index (χ2n) is 5.90. The van der Waals surface area contributed by atoms with E-state index in [1.165, 1.54) is 37.1 Å². The number of nitrogens with zero attached hydrogens (tertiary/aromatic N) is 2. The van der Waals surface area contributed by atoms with Crippen molar-refractivity contribution in [1.82, 2.24) is 4.90 Å². The summed E-state index contributed by atoms with van der Waals surface area (Å²) in [6.45, 7) is 7.38. The molecule has 4 nitrogen and oxygen atoms in total. The summed E-state index contributed by atoms with van der Waals surface area (Å²) in [6, 6.07) is 6.25.